The Morgan fingerprint density at radius 1 is 1.30 bits per heavy atom. The topological polar surface area (TPSA) is 46.3 Å². The fraction of sp³-hybridized carbons (Fsp3) is 0.462. The van der Waals surface area contributed by atoms with Crippen molar-refractivity contribution in [3.8, 4) is 0 Å². The molecular formula is C13H14F4N2O. The maximum atomic E-state index is 13.3. The van der Waals surface area contributed by atoms with Gasteiger partial charge >= 0.3 is 12.3 Å². The van der Waals surface area contributed by atoms with E-state index in [2.05, 4.69) is 0 Å². The lowest BCUT2D eigenvalue weighted by molar-refractivity contribution is -0.144. The van der Waals surface area contributed by atoms with E-state index in [-0.39, 0.29) is 17.9 Å². The number of aryl methyl sites for hydroxylation is 1. The van der Waals surface area contributed by atoms with Crippen LogP contribution in [-0.4, -0.2) is 25.3 Å². The highest BCUT2D eigenvalue weighted by atomic mass is 19.3. The summed E-state index contributed by atoms with van der Waals surface area (Å²) in [5.74, 6) is -4.36. The van der Waals surface area contributed by atoms with E-state index in [4.69, 9.17) is 5.73 Å². The number of nitrogens with two attached hydrogens (primary N) is 1. The second-order valence-electron chi connectivity index (χ2n) is 4.79. The molecule has 0 saturated heterocycles. The van der Waals surface area contributed by atoms with Crippen LogP contribution in [-0.2, 0) is 11.2 Å². The smallest absolute Gasteiger partial charge is 0.319 e. The minimum Gasteiger partial charge on any atom is -0.319 e. The van der Waals surface area contributed by atoms with E-state index in [1.54, 1.807) is 7.05 Å². The van der Waals surface area contributed by atoms with Crippen molar-refractivity contribution in [1.82, 2.24) is 0 Å². The van der Waals surface area contributed by atoms with E-state index in [1.165, 1.54) is 23.1 Å². The molecule has 0 spiro atoms. The molecule has 0 saturated carbocycles. The molecule has 2 N–H and O–H groups in total. The largest absolute Gasteiger partial charge is 0.326 e. The average molecular weight is 290 g/mol. The number of benzene rings is 1. The lowest BCUT2D eigenvalue weighted by atomic mass is 9.94. The molecule has 1 aliphatic rings. The van der Waals surface area contributed by atoms with Crippen LogP contribution in [0.5, 0.6) is 0 Å². The first-order chi connectivity index (χ1) is 9.25. The third-order valence-corrected chi connectivity index (χ3v) is 3.51. The molecule has 1 aromatic rings. The van der Waals surface area contributed by atoms with Gasteiger partial charge in [-0.3, -0.25) is 4.79 Å². The number of amides is 1. The zero-order valence-corrected chi connectivity index (χ0v) is 10.7. The van der Waals surface area contributed by atoms with Crippen LogP contribution in [0, 0.1) is 0 Å². The predicted molar refractivity (Wildman–Crippen MR) is 66.1 cm³/mol. The van der Waals surface area contributed by atoms with Crippen molar-refractivity contribution in [2.75, 3.05) is 11.9 Å². The highest BCUT2D eigenvalue weighted by Crippen LogP contribution is 2.37. The summed E-state index contributed by atoms with van der Waals surface area (Å²) < 4.78 is 51.2. The molecule has 1 atom stereocenters. The standard InChI is InChI=1S/C13H14F4N2O/c1-19-9-4-2-8(6-7(9)3-5-10(19)20)11(18)13(16,17)12(14)15/h2,4,6,11-12H,3,5,18H2,1H3. The molecular weight excluding hydrogens is 276 g/mol. The molecule has 0 fully saturated rings. The average Bonchev–Trinajstić information content (AvgIpc) is 2.41. The molecule has 110 valence electrons. The maximum absolute atomic E-state index is 13.3. The van der Waals surface area contributed by atoms with E-state index in [1.807, 2.05) is 0 Å². The Kier molecular flexibility index (Phi) is 3.73. The van der Waals surface area contributed by atoms with Gasteiger partial charge in [-0.15, -0.1) is 0 Å². The summed E-state index contributed by atoms with van der Waals surface area (Å²) in [4.78, 5) is 12.9. The number of hydrogen-bond donors (Lipinski definition) is 1. The Hall–Kier alpha value is -1.63. The lowest BCUT2D eigenvalue weighted by Gasteiger charge is -2.28. The monoisotopic (exact) mass is 290 g/mol. The number of fused-ring (bicyclic) bond motifs is 1. The van der Waals surface area contributed by atoms with Crippen molar-refractivity contribution in [1.29, 1.82) is 0 Å². The number of alkyl halides is 4. The molecule has 1 aliphatic heterocycles. The Balaban J connectivity index is 2.35. The highest BCUT2D eigenvalue weighted by Gasteiger charge is 2.47. The summed E-state index contributed by atoms with van der Waals surface area (Å²) in [5, 5.41) is 0. The first-order valence-corrected chi connectivity index (χ1v) is 6.06. The van der Waals surface area contributed by atoms with Crippen molar-refractivity contribution < 1.29 is 22.4 Å². The van der Waals surface area contributed by atoms with E-state index >= 15 is 0 Å². The lowest BCUT2D eigenvalue weighted by Crippen LogP contribution is -2.39. The van der Waals surface area contributed by atoms with Gasteiger partial charge in [-0.1, -0.05) is 12.1 Å². The van der Waals surface area contributed by atoms with Crippen LogP contribution in [0.3, 0.4) is 0 Å². The summed E-state index contributed by atoms with van der Waals surface area (Å²) in [6, 6.07) is 2.02. The molecule has 0 aliphatic carbocycles. The summed E-state index contributed by atoms with van der Waals surface area (Å²) in [5.41, 5.74) is 6.45. The summed E-state index contributed by atoms with van der Waals surface area (Å²) in [6.45, 7) is 0. The van der Waals surface area contributed by atoms with Gasteiger partial charge in [0, 0.05) is 19.2 Å². The van der Waals surface area contributed by atoms with Gasteiger partial charge in [0.2, 0.25) is 5.91 Å². The van der Waals surface area contributed by atoms with Crippen LogP contribution in [0.25, 0.3) is 0 Å². The molecule has 3 nitrogen and oxygen atoms in total. The molecule has 2 rings (SSSR count). The van der Waals surface area contributed by atoms with Crippen molar-refractivity contribution >= 4 is 11.6 Å². The van der Waals surface area contributed by atoms with Gasteiger partial charge in [0.05, 0.1) is 0 Å². The van der Waals surface area contributed by atoms with Gasteiger partial charge in [0.25, 0.3) is 0 Å². The fourth-order valence-electron chi connectivity index (χ4n) is 2.23. The Morgan fingerprint density at radius 3 is 2.55 bits per heavy atom. The van der Waals surface area contributed by atoms with Crippen molar-refractivity contribution in [3.63, 3.8) is 0 Å². The molecule has 1 heterocycles. The van der Waals surface area contributed by atoms with Gasteiger partial charge < -0.3 is 10.6 Å². The van der Waals surface area contributed by atoms with Crippen molar-refractivity contribution in [2.24, 2.45) is 5.73 Å². The minimum atomic E-state index is -4.29. The third kappa shape index (κ3) is 2.37. The number of hydrogen-bond acceptors (Lipinski definition) is 2. The number of carbonyl (C=O) groups is 1. The Labute approximate surface area is 113 Å². The van der Waals surface area contributed by atoms with E-state index in [9.17, 15) is 22.4 Å². The van der Waals surface area contributed by atoms with E-state index in [0.29, 0.717) is 17.7 Å². The second kappa shape index (κ2) is 5.05. The number of rotatable bonds is 3. The van der Waals surface area contributed by atoms with Crippen LogP contribution in [0.2, 0.25) is 0 Å². The highest BCUT2D eigenvalue weighted by molar-refractivity contribution is 5.95. The normalized spacial score (nSPS) is 17.4. The first kappa shape index (κ1) is 14.8. The quantitative estimate of drug-likeness (QED) is 0.869. The molecule has 20 heavy (non-hydrogen) atoms. The molecule has 1 amide bonds. The van der Waals surface area contributed by atoms with E-state index in [0.717, 1.165) is 0 Å². The van der Waals surface area contributed by atoms with Gasteiger partial charge in [0.15, 0.2) is 0 Å². The number of halogens is 4. The molecule has 7 heteroatoms. The molecule has 0 aromatic heterocycles. The van der Waals surface area contributed by atoms with Crippen LogP contribution >= 0.6 is 0 Å². The minimum absolute atomic E-state index is 0.0585. The van der Waals surface area contributed by atoms with Crippen LogP contribution < -0.4 is 10.6 Å². The molecule has 0 bridgehead atoms. The van der Waals surface area contributed by atoms with Crippen LogP contribution in [0.1, 0.15) is 23.6 Å². The van der Waals surface area contributed by atoms with Gasteiger partial charge in [-0.05, 0) is 23.6 Å². The van der Waals surface area contributed by atoms with Crippen molar-refractivity contribution in [3.05, 3.63) is 29.3 Å². The second-order valence-corrected chi connectivity index (χ2v) is 4.79. The van der Waals surface area contributed by atoms with Crippen LogP contribution in [0.4, 0.5) is 23.2 Å². The summed E-state index contributed by atoms with van der Waals surface area (Å²) >= 11 is 0. The van der Waals surface area contributed by atoms with Gasteiger partial charge in [0.1, 0.15) is 6.04 Å². The van der Waals surface area contributed by atoms with Crippen molar-refractivity contribution in [2.45, 2.75) is 31.2 Å². The Bertz CT molecular complexity index is 533. The molecule has 1 unspecified atom stereocenters. The van der Waals surface area contributed by atoms with Gasteiger partial charge in [-0.2, -0.15) is 8.78 Å². The Morgan fingerprint density at radius 2 is 1.95 bits per heavy atom. The van der Waals surface area contributed by atoms with Crippen LogP contribution in [0.15, 0.2) is 18.2 Å². The zero-order chi connectivity index (χ0) is 15.1. The molecule has 0 radical (unpaired) electrons. The number of carbonyl (C=O) groups excluding carboxylic acids is 1. The number of nitrogens with zero attached hydrogens (tertiary/aromatic N) is 1. The SMILES string of the molecule is CN1C(=O)CCc2cc(C(N)C(F)(F)C(F)F)ccc21. The summed E-state index contributed by atoms with van der Waals surface area (Å²) in [6.07, 6.45) is -3.18. The third-order valence-electron chi connectivity index (χ3n) is 3.51. The molecule has 1 aromatic carbocycles. The first-order valence-electron chi connectivity index (χ1n) is 6.06. The fourth-order valence-corrected chi connectivity index (χ4v) is 2.23. The van der Waals surface area contributed by atoms with Gasteiger partial charge in [-0.25, -0.2) is 8.78 Å². The maximum Gasteiger partial charge on any atom is 0.326 e. The number of anilines is 1. The predicted octanol–water partition coefficient (Wildman–Crippen LogP) is 2.50. The zero-order valence-electron chi connectivity index (χ0n) is 10.7. The van der Waals surface area contributed by atoms with E-state index < -0.39 is 18.4 Å². The summed E-state index contributed by atoms with van der Waals surface area (Å²) in [7, 11) is 1.58.